The molecule has 5 nitrogen and oxygen atoms in total. The van der Waals surface area contributed by atoms with Gasteiger partial charge < -0.3 is 16.2 Å². The van der Waals surface area contributed by atoms with Gasteiger partial charge in [0.05, 0.1) is 5.69 Å². The van der Waals surface area contributed by atoms with Gasteiger partial charge in [-0.05, 0) is 18.2 Å². The highest BCUT2D eigenvalue weighted by atomic mass is 16.5. The third-order valence-electron chi connectivity index (χ3n) is 2.15. The van der Waals surface area contributed by atoms with Gasteiger partial charge in [0.15, 0.2) is 5.75 Å². The third kappa shape index (κ3) is 2.52. The number of anilines is 1. The molecule has 0 aliphatic rings. The summed E-state index contributed by atoms with van der Waals surface area (Å²) in [5.74, 6) is 0.235. The Labute approximate surface area is 98.0 Å². The average molecular weight is 229 g/mol. The maximum absolute atomic E-state index is 11.0. The Bertz CT molecular complexity index is 555. The van der Waals surface area contributed by atoms with Crippen molar-refractivity contribution in [3.05, 3.63) is 48.2 Å². The number of hydrogen-bond donors (Lipinski definition) is 2. The number of ether oxygens (including phenoxy) is 1. The van der Waals surface area contributed by atoms with Crippen LogP contribution >= 0.6 is 0 Å². The highest BCUT2D eigenvalue weighted by Crippen LogP contribution is 2.25. The van der Waals surface area contributed by atoms with Crippen molar-refractivity contribution >= 4 is 11.6 Å². The van der Waals surface area contributed by atoms with Crippen LogP contribution in [0.2, 0.25) is 0 Å². The van der Waals surface area contributed by atoms with Crippen molar-refractivity contribution in [3.8, 4) is 11.6 Å². The van der Waals surface area contributed by atoms with E-state index in [1.807, 2.05) is 0 Å². The number of carbonyl (C=O) groups excluding carboxylic acids is 1. The smallest absolute Gasteiger partial charge is 0.248 e. The van der Waals surface area contributed by atoms with Gasteiger partial charge in [0, 0.05) is 17.8 Å². The van der Waals surface area contributed by atoms with Crippen molar-refractivity contribution < 1.29 is 9.53 Å². The number of primary amides is 1. The highest BCUT2D eigenvalue weighted by molar-refractivity contribution is 5.92. The number of hydrogen-bond acceptors (Lipinski definition) is 4. The first-order valence-corrected chi connectivity index (χ1v) is 4.95. The summed E-state index contributed by atoms with van der Waals surface area (Å²) in [5, 5.41) is 0. The molecule has 2 aromatic rings. The molecule has 2 rings (SSSR count). The van der Waals surface area contributed by atoms with E-state index >= 15 is 0 Å². The number of nitrogen functional groups attached to an aromatic ring is 1. The molecule has 4 N–H and O–H groups in total. The fourth-order valence-corrected chi connectivity index (χ4v) is 1.30. The number of para-hydroxylation sites is 2. The number of benzene rings is 1. The zero-order valence-corrected chi connectivity index (χ0v) is 8.96. The first-order valence-electron chi connectivity index (χ1n) is 4.95. The van der Waals surface area contributed by atoms with Gasteiger partial charge in [-0.1, -0.05) is 12.1 Å². The number of nitrogens with zero attached hydrogens (tertiary/aromatic N) is 1. The van der Waals surface area contributed by atoms with Crippen LogP contribution in [0.25, 0.3) is 0 Å². The molecule has 17 heavy (non-hydrogen) atoms. The molecule has 1 aromatic heterocycles. The summed E-state index contributed by atoms with van der Waals surface area (Å²) < 4.78 is 5.46. The van der Waals surface area contributed by atoms with Gasteiger partial charge in [0.25, 0.3) is 0 Å². The van der Waals surface area contributed by atoms with E-state index in [4.69, 9.17) is 16.2 Å². The first kappa shape index (κ1) is 10.9. The molecule has 0 aliphatic heterocycles. The molecule has 1 amide bonds. The molecule has 0 radical (unpaired) electrons. The predicted molar refractivity (Wildman–Crippen MR) is 63.7 cm³/mol. The molecule has 0 unspecified atom stereocenters. The Morgan fingerprint density at radius 3 is 2.71 bits per heavy atom. The summed E-state index contributed by atoms with van der Waals surface area (Å²) in [6, 6.07) is 10.0. The number of amides is 1. The first-order chi connectivity index (χ1) is 8.16. The molecule has 0 spiro atoms. The molecule has 0 saturated heterocycles. The quantitative estimate of drug-likeness (QED) is 0.781. The topological polar surface area (TPSA) is 91.2 Å². The monoisotopic (exact) mass is 229 g/mol. The van der Waals surface area contributed by atoms with E-state index in [9.17, 15) is 4.79 Å². The molecule has 1 heterocycles. The molecule has 86 valence electrons. The van der Waals surface area contributed by atoms with Crippen LogP contribution in [0, 0.1) is 0 Å². The third-order valence-corrected chi connectivity index (χ3v) is 2.15. The lowest BCUT2D eigenvalue weighted by Crippen LogP contribution is -2.10. The van der Waals surface area contributed by atoms with Crippen LogP contribution in [0.4, 0.5) is 5.69 Å². The van der Waals surface area contributed by atoms with E-state index in [2.05, 4.69) is 4.98 Å². The fraction of sp³-hybridized carbons (Fsp3) is 0. The molecule has 0 atom stereocenters. The van der Waals surface area contributed by atoms with Crippen LogP contribution in [0.15, 0.2) is 42.6 Å². The van der Waals surface area contributed by atoms with Crippen molar-refractivity contribution in [2.24, 2.45) is 5.73 Å². The Hall–Kier alpha value is -2.56. The number of rotatable bonds is 3. The second kappa shape index (κ2) is 4.52. The summed E-state index contributed by atoms with van der Waals surface area (Å²) in [6.07, 6.45) is 1.45. The summed E-state index contributed by atoms with van der Waals surface area (Å²) in [5.41, 5.74) is 11.7. The van der Waals surface area contributed by atoms with E-state index in [0.717, 1.165) is 0 Å². The standard InChI is InChI=1S/C12H11N3O2/c13-9-3-1-2-4-10(9)17-11-7-8(12(14)16)5-6-15-11/h1-7H,13H2,(H2,14,16). The molecule has 0 aliphatic carbocycles. The van der Waals surface area contributed by atoms with Gasteiger partial charge in [-0.3, -0.25) is 4.79 Å². The second-order valence-electron chi connectivity index (χ2n) is 3.39. The maximum Gasteiger partial charge on any atom is 0.248 e. The summed E-state index contributed by atoms with van der Waals surface area (Å²) in [4.78, 5) is 15.0. The maximum atomic E-state index is 11.0. The zero-order chi connectivity index (χ0) is 12.3. The largest absolute Gasteiger partial charge is 0.437 e. The minimum Gasteiger partial charge on any atom is -0.437 e. The van der Waals surface area contributed by atoms with E-state index in [-0.39, 0.29) is 5.88 Å². The Morgan fingerprint density at radius 2 is 2.00 bits per heavy atom. The fourth-order valence-electron chi connectivity index (χ4n) is 1.30. The minimum atomic E-state index is -0.529. The Kier molecular flexibility index (Phi) is 2.91. The van der Waals surface area contributed by atoms with Crippen molar-refractivity contribution in [2.75, 3.05) is 5.73 Å². The Morgan fingerprint density at radius 1 is 1.24 bits per heavy atom. The molecule has 0 fully saturated rings. The van der Waals surface area contributed by atoms with Crippen LogP contribution in [0.3, 0.4) is 0 Å². The number of carbonyl (C=O) groups is 1. The lowest BCUT2D eigenvalue weighted by atomic mass is 10.2. The van der Waals surface area contributed by atoms with E-state index in [1.54, 1.807) is 24.3 Å². The van der Waals surface area contributed by atoms with E-state index in [0.29, 0.717) is 17.0 Å². The van der Waals surface area contributed by atoms with E-state index < -0.39 is 5.91 Å². The highest BCUT2D eigenvalue weighted by Gasteiger charge is 2.05. The molecule has 5 heteroatoms. The molecule has 0 bridgehead atoms. The van der Waals surface area contributed by atoms with Gasteiger partial charge in [0.1, 0.15) is 0 Å². The van der Waals surface area contributed by atoms with Crippen LogP contribution in [0.1, 0.15) is 10.4 Å². The van der Waals surface area contributed by atoms with Crippen molar-refractivity contribution in [1.82, 2.24) is 4.98 Å². The lowest BCUT2D eigenvalue weighted by molar-refractivity contribution is 0.1000. The van der Waals surface area contributed by atoms with Crippen LogP contribution in [-0.4, -0.2) is 10.9 Å². The van der Waals surface area contributed by atoms with Gasteiger partial charge >= 0.3 is 0 Å². The minimum absolute atomic E-state index is 0.277. The van der Waals surface area contributed by atoms with Crippen molar-refractivity contribution in [1.29, 1.82) is 0 Å². The number of aromatic nitrogens is 1. The lowest BCUT2D eigenvalue weighted by Gasteiger charge is -2.07. The Balaban J connectivity index is 2.28. The average Bonchev–Trinajstić information content (AvgIpc) is 2.32. The molecule has 0 saturated carbocycles. The van der Waals surface area contributed by atoms with Crippen molar-refractivity contribution in [3.63, 3.8) is 0 Å². The second-order valence-corrected chi connectivity index (χ2v) is 3.39. The van der Waals surface area contributed by atoms with Gasteiger partial charge in [0.2, 0.25) is 11.8 Å². The number of pyridine rings is 1. The number of nitrogens with two attached hydrogens (primary N) is 2. The van der Waals surface area contributed by atoms with E-state index in [1.165, 1.54) is 18.3 Å². The molecular formula is C12H11N3O2. The van der Waals surface area contributed by atoms with Crippen LogP contribution in [-0.2, 0) is 0 Å². The normalized spacial score (nSPS) is 9.88. The van der Waals surface area contributed by atoms with Crippen molar-refractivity contribution in [2.45, 2.75) is 0 Å². The zero-order valence-electron chi connectivity index (χ0n) is 8.96. The predicted octanol–water partition coefficient (Wildman–Crippen LogP) is 1.55. The summed E-state index contributed by atoms with van der Waals surface area (Å²) in [6.45, 7) is 0. The summed E-state index contributed by atoms with van der Waals surface area (Å²) >= 11 is 0. The SMILES string of the molecule is NC(=O)c1ccnc(Oc2ccccc2N)c1. The van der Waals surface area contributed by atoms with Gasteiger partial charge in [-0.2, -0.15) is 0 Å². The van der Waals surface area contributed by atoms with Gasteiger partial charge in [-0.25, -0.2) is 4.98 Å². The van der Waals surface area contributed by atoms with Crippen LogP contribution < -0.4 is 16.2 Å². The molecule has 1 aromatic carbocycles. The van der Waals surface area contributed by atoms with Crippen LogP contribution in [0.5, 0.6) is 11.6 Å². The molecular weight excluding hydrogens is 218 g/mol. The summed E-state index contributed by atoms with van der Waals surface area (Å²) in [7, 11) is 0. The van der Waals surface area contributed by atoms with Gasteiger partial charge in [-0.15, -0.1) is 0 Å².